The molecule has 0 unspecified atom stereocenters. The second kappa shape index (κ2) is 29.6. The molecular formula is C102H61N13S3. The molecule has 0 spiro atoms. The normalized spacial score (nSPS) is 11.6. The highest BCUT2D eigenvalue weighted by atomic mass is 32.1. The smallest absolute Gasteiger partial charge is 0.165 e. The molecule has 8 aromatic heterocycles. The van der Waals surface area contributed by atoms with Crippen molar-refractivity contribution in [1.82, 2.24) is 64.4 Å². The number of aromatic nitrogens is 13. The standard InChI is InChI=1S/C54H33N7S.C48H28N6S2/c1-5-17-34(18-6-1)49-55-50(35-19-7-2-8-20-35)58-53(57-49)42-27-16-30-46-47(42)41-26-15-28-43(48(41)62-46)54-59-51(36-21-9-3-10-22-36)56-52(60-54)37-31-32-40-39-25-13-14-29-44(39)61(45(40)33-37)38-23-11-4-12-24-38;1-4-14-29(15-5-1)43-49-44(30-16-6-2-7-17-30)52-47(51-43)35-22-13-25-40-41(35)34-21-12-23-36(42(34)56-40)48-53-45(31-18-8-3-9-19-31)50-46(54-48)32-26-27-39-37(28-32)33-20-10-11-24-38(33)55-39/h1-33H;1-28H. The van der Waals surface area contributed by atoms with Gasteiger partial charge < -0.3 is 4.57 Å². The minimum atomic E-state index is 0.603. The van der Waals surface area contributed by atoms with E-state index in [1.807, 2.05) is 182 Å². The van der Waals surface area contributed by atoms with Crippen LogP contribution in [-0.4, -0.2) is 64.4 Å². The number of thiophene rings is 3. The number of benzene rings is 15. The molecule has 118 heavy (non-hydrogen) atoms. The first-order chi connectivity index (χ1) is 58.5. The topological polar surface area (TPSA) is 160 Å². The van der Waals surface area contributed by atoms with Crippen molar-refractivity contribution in [2.45, 2.75) is 0 Å². The third-order valence-corrected chi connectivity index (χ3v) is 24.9. The predicted octanol–water partition coefficient (Wildman–Crippen LogP) is 26.3. The van der Waals surface area contributed by atoms with Crippen LogP contribution >= 0.6 is 34.0 Å². The van der Waals surface area contributed by atoms with Crippen molar-refractivity contribution in [3.63, 3.8) is 0 Å². The molecule has 0 radical (unpaired) electrons. The van der Waals surface area contributed by atoms with Crippen LogP contribution < -0.4 is 0 Å². The zero-order chi connectivity index (χ0) is 78.0. The van der Waals surface area contributed by atoms with Crippen LogP contribution in [-0.2, 0) is 0 Å². The molecule has 0 bridgehead atoms. The minimum absolute atomic E-state index is 0.603. The quantitative estimate of drug-likeness (QED) is 0.108. The van der Waals surface area contributed by atoms with E-state index in [0.29, 0.717) is 69.9 Å². The summed E-state index contributed by atoms with van der Waals surface area (Å²) in [6.45, 7) is 0. The SMILES string of the molecule is c1ccc(-c2nc(-c3ccc4c5ccccc5n(-c5ccccc5)c4c3)nc(-c3cccc4c3sc3cccc(-c5nc(-c6ccccc6)nc(-c6ccccc6)n5)c34)n2)cc1.c1ccc(-c2nc(-c3ccc4sc5ccccc5c4c3)nc(-c3cccc4c3sc3cccc(-c5nc(-c6ccccc6)nc(-c6ccccc6)n5)c34)n2)cc1. The highest BCUT2D eigenvalue weighted by Gasteiger charge is 2.25. The lowest BCUT2D eigenvalue weighted by Crippen LogP contribution is -2.01. The monoisotopic (exact) mass is 1560 g/mol. The molecule has 0 saturated carbocycles. The number of para-hydroxylation sites is 2. The largest absolute Gasteiger partial charge is 0.309 e. The van der Waals surface area contributed by atoms with Crippen LogP contribution in [0.3, 0.4) is 0 Å². The molecule has 552 valence electrons. The van der Waals surface area contributed by atoms with Gasteiger partial charge in [0.15, 0.2) is 69.9 Å². The first kappa shape index (κ1) is 69.5. The molecule has 0 N–H and O–H groups in total. The van der Waals surface area contributed by atoms with Gasteiger partial charge >= 0.3 is 0 Å². The van der Waals surface area contributed by atoms with Crippen molar-refractivity contribution in [1.29, 1.82) is 0 Å². The number of hydrogen-bond donors (Lipinski definition) is 0. The number of hydrogen-bond acceptors (Lipinski definition) is 15. The summed E-state index contributed by atoms with van der Waals surface area (Å²) in [5.74, 6) is 7.47. The van der Waals surface area contributed by atoms with Crippen LogP contribution in [0.1, 0.15) is 0 Å². The van der Waals surface area contributed by atoms with Gasteiger partial charge in [-0.3, -0.25) is 0 Å². The lowest BCUT2D eigenvalue weighted by molar-refractivity contribution is 1.08. The summed E-state index contributed by atoms with van der Waals surface area (Å²) < 4.78 is 9.23. The van der Waals surface area contributed by atoms with Crippen LogP contribution in [0.25, 0.3) is 225 Å². The van der Waals surface area contributed by atoms with Crippen LogP contribution in [0, 0.1) is 0 Å². The molecule has 13 nitrogen and oxygen atoms in total. The Labute approximate surface area is 688 Å². The lowest BCUT2D eigenvalue weighted by Gasteiger charge is -2.11. The summed E-state index contributed by atoms with van der Waals surface area (Å²) in [6, 6.07) is 127. The molecule has 0 fully saturated rings. The molecule has 0 saturated heterocycles. The first-order valence-corrected chi connectivity index (χ1v) is 41.2. The first-order valence-electron chi connectivity index (χ1n) is 38.7. The molecule has 0 amide bonds. The molecule has 15 aromatic carbocycles. The van der Waals surface area contributed by atoms with Gasteiger partial charge in [0.25, 0.3) is 0 Å². The Morgan fingerprint density at radius 1 is 0.169 bits per heavy atom. The zero-order valence-corrected chi connectivity index (χ0v) is 65.2. The Morgan fingerprint density at radius 2 is 0.466 bits per heavy atom. The summed E-state index contributed by atoms with van der Waals surface area (Å²) in [4.78, 5) is 61.4. The molecule has 23 rings (SSSR count). The van der Waals surface area contributed by atoms with Crippen molar-refractivity contribution in [2.75, 3.05) is 0 Å². The molecule has 23 aromatic rings. The molecular weight excluding hydrogens is 1500 g/mol. The van der Waals surface area contributed by atoms with E-state index in [1.165, 1.54) is 30.9 Å². The Hall–Kier alpha value is -15.2. The van der Waals surface area contributed by atoms with E-state index < -0.39 is 0 Å². The van der Waals surface area contributed by atoms with E-state index in [2.05, 4.69) is 193 Å². The molecule has 16 heteroatoms. The van der Waals surface area contributed by atoms with Crippen molar-refractivity contribution in [2.24, 2.45) is 0 Å². The van der Waals surface area contributed by atoms with Crippen LogP contribution in [0.15, 0.2) is 370 Å². The fourth-order valence-electron chi connectivity index (χ4n) is 15.8. The second-order valence-corrected chi connectivity index (χ2v) is 31.8. The molecule has 0 aliphatic carbocycles. The highest BCUT2D eigenvalue weighted by Crippen LogP contribution is 2.47. The van der Waals surface area contributed by atoms with Gasteiger partial charge in [-0.15, -0.1) is 34.0 Å². The predicted molar refractivity (Wildman–Crippen MR) is 485 cm³/mol. The van der Waals surface area contributed by atoms with Crippen molar-refractivity contribution in [3.8, 4) is 142 Å². The van der Waals surface area contributed by atoms with Gasteiger partial charge in [-0.05, 0) is 72.8 Å². The van der Waals surface area contributed by atoms with Crippen LogP contribution in [0.5, 0.6) is 0 Å². The average molecular weight is 1560 g/mol. The fraction of sp³-hybridized carbons (Fsp3) is 0. The summed E-state index contributed by atoms with van der Waals surface area (Å²) in [5, 5.41) is 9.15. The molecule has 8 heterocycles. The van der Waals surface area contributed by atoms with E-state index in [4.69, 9.17) is 59.8 Å². The Kier molecular flexibility index (Phi) is 17.5. The maximum Gasteiger partial charge on any atom is 0.165 e. The average Bonchev–Trinajstić information content (AvgIpc) is 1.58. The minimum Gasteiger partial charge on any atom is -0.309 e. The Balaban J connectivity index is 0.000000143. The van der Waals surface area contributed by atoms with Gasteiger partial charge in [0.2, 0.25) is 0 Å². The second-order valence-electron chi connectivity index (χ2n) is 28.6. The maximum absolute atomic E-state index is 5.30. The third-order valence-electron chi connectivity index (χ3n) is 21.3. The van der Waals surface area contributed by atoms with Gasteiger partial charge in [-0.2, -0.15) is 0 Å². The summed E-state index contributed by atoms with van der Waals surface area (Å²) in [7, 11) is 0. The van der Waals surface area contributed by atoms with Gasteiger partial charge in [-0.1, -0.05) is 297 Å². The van der Waals surface area contributed by atoms with Gasteiger partial charge in [0, 0.05) is 144 Å². The van der Waals surface area contributed by atoms with Crippen LogP contribution in [0.4, 0.5) is 0 Å². The van der Waals surface area contributed by atoms with Gasteiger partial charge in [0.05, 0.1) is 11.0 Å². The van der Waals surface area contributed by atoms with E-state index in [9.17, 15) is 0 Å². The number of fused-ring (bicyclic) bond motifs is 12. The summed E-state index contributed by atoms with van der Waals surface area (Å²) in [5.41, 5.74) is 14.5. The lowest BCUT2D eigenvalue weighted by atomic mass is 10.0. The molecule has 0 aliphatic rings. The number of rotatable bonds is 13. The van der Waals surface area contributed by atoms with Crippen LogP contribution in [0.2, 0.25) is 0 Å². The molecule has 0 atom stereocenters. The van der Waals surface area contributed by atoms with Crippen molar-refractivity contribution in [3.05, 3.63) is 370 Å². The number of nitrogens with zero attached hydrogens (tertiary/aromatic N) is 13. The molecule has 0 aliphatic heterocycles. The van der Waals surface area contributed by atoms with E-state index in [-0.39, 0.29) is 0 Å². The van der Waals surface area contributed by atoms with Crippen molar-refractivity contribution >= 4 is 116 Å². The summed E-state index contributed by atoms with van der Waals surface area (Å²) >= 11 is 5.26. The highest BCUT2D eigenvalue weighted by molar-refractivity contribution is 7.27. The Bertz CT molecular complexity index is 7680. The van der Waals surface area contributed by atoms with Crippen molar-refractivity contribution < 1.29 is 0 Å². The zero-order valence-electron chi connectivity index (χ0n) is 62.8. The van der Waals surface area contributed by atoms with E-state index >= 15 is 0 Å². The fourth-order valence-corrected chi connectivity index (χ4v) is 19.4. The third kappa shape index (κ3) is 12.7. The van der Waals surface area contributed by atoms with Gasteiger partial charge in [0.1, 0.15) is 0 Å². The maximum atomic E-state index is 5.30. The van der Waals surface area contributed by atoms with Gasteiger partial charge in [-0.25, -0.2) is 59.8 Å². The summed E-state index contributed by atoms with van der Waals surface area (Å²) in [6.07, 6.45) is 0. The van der Waals surface area contributed by atoms with E-state index in [1.54, 1.807) is 34.0 Å². The van der Waals surface area contributed by atoms with E-state index in [0.717, 1.165) is 124 Å². The Morgan fingerprint density at radius 3 is 0.898 bits per heavy atom.